The van der Waals surface area contributed by atoms with Gasteiger partial charge >= 0.3 is 12.3 Å². The Kier molecular flexibility index (Phi) is 9.28. The van der Waals surface area contributed by atoms with Crippen LogP contribution in [0, 0.1) is 5.82 Å². The lowest BCUT2D eigenvalue weighted by molar-refractivity contribution is -0.137. The van der Waals surface area contributed by atoms with Gasteiger partial charge in [0.1, 0.15) is 12.4 Å². The van der Waals surface area contributed by atoms with Gasteiger partial charge in [-0.15, -0.1) is 0 Å². The molecule has 37 heavy (non-hydrogen) atoms. The number of sulfonamides is 1. The Morgan fingerprint density at radius 2 is 1.62 bits per heavy atom. The molecule has 0 unspecified atom stereocenters. The van der Waals surface area contributed by atoms with Gasteiger partial charge in [0.25, 0.3) is 0 Å². The van der Waals surface area contributed by atoms with E-state index in [9.17, 15) is 30.8 Å². The molecule has 0 fully saturated rings. The summed E-state index contributed by atoms with van der Waals surface area (Å²) in [4.78, 5) is 12.4. The number of rotatable bonds is 10. The number of carbonyl (C=O) groups excluding carboxylic acids is 1. The highest BCUT2D eigenvalue weighted by atomic mass is 32.2. The van der Waals surface area contributed by atoms with Crippen molar-refractivity contribution in [3.63, 3.8) is 0 Å². The lowest BCUT2D eigenvalue weighted by atomic mass is 10.1. The van der Waals surface area contributed by atoms with Crippen LogP contribution in [0.15, 0.2) is 78.9 Å². The summed E-state index contributed by atoms with van der Waals surface area (Å²) in [6.07, 6.45) is -5.60. The molecule has 0 radical (unpaired) electrons. The molecule has 6 nitrogen and oxygen atoms in total. The van der Waals surface area contributed by atoms with E-state index in [0.29, 0.717) is 0 Å². The van der Waals surface area contributed by atoms with E-state index in [1.54, 1.807) is 36.4 Å². The Hall–Kier alpha value is -3.44. The van der Waals surface area contributed by atoms with E-state index in [4.69, 9.17) is 4.74 Å². The van der Waals surface area contributed by atoms with E-state index >= 15 is 0 Å². The first-order valence-electron chi connectivity index (χ1n) is 11.2. The van der Waals surface area contributed by atoms with Crippen molar-refractivity contribution in [2.45, 2.75) is 31.8 Å². The van der Waals surface area contributed by atoms with Gasteiger partial charge in [-0.2, -0.15) is 13.2 Å². The molecular weight excluding hydrogens is 512 g/mol. The monoisotopic (exact) mass is 538 g/mol. The Bertz CT molecular complexity index is 1300. The second kappa shape index (κ2) is 12.2. The predicted octanol–water partition coefficient (Wildman–Crippen LogP) is 5.14. The van der Waals surface area contributed by atoms with E-state index in [2.05, 4.69) is 5.32 Å². The number of halogens is 4. The maximum Gasteiger partial charge on any atom is 0.416 e. The first-order chi connectivity index (χ1) is 17.4. The molecule has 0 aliphatic rings. The number of carbonyl (C=O) groups is 1. The van der Waals surface area contributed by atoms with Gasteiger partial charge < -0.3 is 10.1 Å². The van der Waals surface area contributed by atoms with Gasteiger partial charge in [0.15, 0.2) is 0 Å². The largest absolute Gasteiger partial charge is 0.445 e. The fraction of sp³-hybridized carbons (Fsp3) is 0.269. The highest BCUT2D eigenvalue weighted by Crippen LogP contribution is 2.30. The van der Waals surface area contributed by atoms with Crippen molar-refractivity contribution in [2.75, 3.05) is 12.8 Å². The van der Waals surface area contributed by atoms with Gasteiger partial charge in [-0.25, -0.2) is 21.9 Å². The second-order valence-electron chi connectivity index (χ2n) is 8.43. The average molecular weight is 539 g/mol. The normalized spacial score (nSPS) is 12.8. The first-order valence-corrected chi connectivity index (χ1v) is 12.9. The molecule has 1 amide bonds. The van der Waals surface area contributed by atoms with E-state index < -0.39 is 45.5 Å². The number of nitrogens with zero attached hydrogens (tertiary/aromatic N) is 1. The summed E-state index contributed by atoms with van der Waals surface area (Å²) in [7, 11) is -2.87. The summed E-state index contributed by atoms with van der Waals surface area (Å²) in [5.74, 6) is -1.20. The van der Waals surface area contributed by atoms with Crippen LogP contribution >= 0.6 is 0 Å². The predicted molar refractivity (Wildman–Crippen MR) is 130 cm³/mol. The Labute approximate surface area is 212 Å². The van der Waals surface area contributed by atoms with Crippen molar-refractivity contribution < 1.29 is 35.5 Å². The van der Waals surface area contributed by atoms with Crippen LogP contribution in [0.1, 0.15) is 22.3 Å². The quantitative estimate of drug-likeness (QED) is 0.363. The van der Waals surface area contributed by atoms with Crippen LogP contribution in [0.3, 0.4) is 0 Å². The molecule has 0 bridgehead atoms. The molecule has 1 atom stereocenters. The van der Waals surface area contributed by atoms with Gasteiger partial charge in [-0.1, -0.05) is 66.7 Å². The zero-order chi connectivity index (χ0) is 27.1. The number of ether oxygens (including phenoxy) is 1. The molecule has 1 N–H and O–H groups in total. The highest BCUT2D eigenvalue weighted by molar-refractivity contribution is 7.89. The van der Waals surface area contributed by atoms with Gasteiger partial charge in [-0.05, 0) is 35.2 Å². The molecule has 198 valence electrons. The molecular formula is C26H26F4N2O4S. The van der Waals surface area contributed by atoms with E-state index in [0.717, 1.165) is 22.0 Å². The van der Waals surface area contributed by atoms with Crippen molar-refractivity contribution in [1.29, 1.82) is 0 Å². The molecule has 0 aliphatic heterocycles. The van der Waals surface area contributed by atoms with E-state index in [1.807, 2.05) is 0 Å². The van der Waals surface area contributed by atoms with Crippen LogP contribution in [0.4, 0.5) is 22.4 Å². The summed E-state index contributed by atoms with van der Waals surface area (Å²) in [6, 6.07) is 17.9. The van der Waals surface area contributed by atoms with Gasteiger partial charge in [-0.3, -0.25) is 0 Å². The van der Waals surface area contributed by atoms with Crippen LogP contribution < -0.4 is 5.32 Å². The zero-order valence-electron chi connectivity index (χ0n) is 19.9. The number of hydrogen-bond acceptors (Lipinski definition) is 4. The SMILES string of the molecule is CN(Cc1cccc(C(F)(F)F)c1)S(=O)(=O)C[C@@H](Cc1ccccc1F)NC(=O)OCc1ccccc1. The minimum absolute atomic E-state index is 0.0543. The lowest BCUT2D eigenvalue weighted by Crippen LogP contribution is -2.44. The van der Waals surface area contributed by atoms with Crippen molar-refractivity contribution in [3.8, 4) is 0 Å². The van der Waals surface area contributed by atoms with Crippen LogP contribution in [-0.4, -0.2) is 37.7 Å². The molecule has 0 saturated carbocycles. The smallest absolute Gasteiger partial charge is 0.416 e. The molecule has 0 spiro atoms. The zero-order valence-corrected chi connectivity index (χ0v) is 20.7. The third-order valence-corrected chi connectivity index (χ3v) is 7.41. The number of nitrogens with one attached hydrogen (secondary N) is 1. The number of hydrogen-bond donors (Lipinski definition) is 1. The number of benzene rings is 3. The Balaban J connectivity index is 1.73. The number of alkyl halides is 3. The summed E-state index contributed by atoms with van der Waals surface area (Å²) in [6.45, 7) is -0.377. The Morgan fingerprint density at radius 3 is 2.30 bits per heavy atom. The van der Waals surface area contributed by atoms with E-state index in [-0.39, 0.29) is 30.7 Å². The number of amides is 1. The molecule has 0 aromatic heterocycles. The van der Waals surface area contributed by atoms with Gasteiger partial charge in [0.2, 0.25) is 10.0 Å². The summed E-state index contributed by atoms with van der Waals surface area (Å²) < 4.78 is 85.6. The fourth-order valence-electron chi connectivity index (χ4n) is 3.60. The molecule has 3 aromatic rings. The maximum absolute atomic E-state index is 14.3. The molecule has 3 rings (SSSR count). The summed E-state index contributed by atoms with van der Waals surface area (Å²) >= 11 is 0. The van der Waals surface area contributed by atoms with Gasteiger partial charge in [0, 0.05) is 13.6 Å². The summed E-state index contributed by atoms with van der Waals surface area (Å²) in [5.41, 5.74) is 0.154. The van der Waals surface area contributed by atoms with Crippen molar-refractivity contribution in [3.05, 3.63) is 107 Å². The van der Waals surface area contributed by atoms with Crippen molar-refractivity contribution >= 4 is 16.1 Å². The molecule has 11 heteroatoms. The van der Waals surface area contributed by atoms with Crippen LogP contribution in [0.25, 0.3) is 0 Å². The van der Waals surface area contributed by atoms with Crippen LogP contribution in [0.5, 0.6) is 0 Å². The van der Waals surface area contributed by atoms with Gasteiger partial charge in [0.05, 0.1) is 17.4 Å². The van der Waals surface area contributed by atoms with Crippen molar-refractivity contribution in [1.82, 2.24) is 9.62 Å². The average Bonchev–Trinajstić information content (AvgIpc) is 2.84. The lowest BCUT2D eigenvalue weighted by Gasteiger charge is -2.23. The standard InChI is InChI=1S/C26H26F4N2O4S/c1-32(16-20-10-7-12-22(14-20)26(28,29)30)37(34,35)18-23(15-21-11-5-6-13-24(21)27)31-25(33)36-17-19-8-3-2-4-9-19/h2-14,23H,15-18H2,1H3,(H,31,33)/t23-/m1/s1. The van der Waals surface area contributed by atoms with E-state index in [1.165, 1.54) is 37.4 Å². The Morgan fingerprint density at radius 1 is 0.973 bits per heavy atom. The number of alkyl carbamates (subject to hydrolysis) is 1. The minimum Gasteiger partial charge on any atom is -0.445 e. The van der Waals surface area contributed by atoms with Crippen LogP contribution in [-0.2, 0) is 40.5 Å². The van der Waals surface area contributed by atoms with Crippen molar-refractivity contribution in [2.24, 2.45) is 0 Å². The fourth-order valence-corrected chi connectivity index (χ4v) is 4.91. The molecule has 0 saturated heterocycles. The first kappa shape index (κ1) is 28.1. The van der Waals surface area contributed by atoms with Crippen LogP contribution in [0.2, 0.25) is 0 Å². The highest BCUT2D eigenvalue weighted by Gasteiger charge is 2.31. The third-order valence-electron chi connectivity index (χ3n) is 5.51. The topological polar surface area (TPSA) is 75.7 Å². The molecule has 0 aliphatic carbocycles. The third kappa shape index (κ3) is 8.57. The molecule has 0 heterocycles. The summed E-state index contributed by atoms with van der Waals surface area (Å²) in [5, 5.41) is 2.48. The molecule has 3 aromatic carbocycles. The second-order valence-corrected chi connectivity index (χ2v) is 10.6. The maximum atomic E-state index is 14.3. The minimum atomic E-state index is -4.57.